The molecule has 0 saturated carbocycles. The van der Waals surface area contributed by atoms with E-state index >= 15 is 0 Å². The van der Waals surface area contributed by atoms with E-state index in [1.54, 1.807) is 42.5 Å². The molecule has 1 saturated heterocycles. The number of hydrogen-bond acceptors (Lipinski definition) is 5. The number of para-hydroxylation sites is 1. The number of hydrogen-bond donors (Lipinski definition) is 1. The highest BCUT2D eigenvalue weighted by molar-refractivity contribution is 6.34. The van der Waals surface area contributed by atoms with Crippen molar-refractivity contribution in [2.24, 2.45) is 0 Å². The van der Waals surface area contributed by atoms with E-state index in [9.17, 15) is 4.79 Å². The van der Waals surface area contributed by atoms with Gasteiger partial charge < -0.3 is 19.5 Å². The number of aromatic nitrogens is 1. The van der Waals surface area contributed by atoms with Gasteiger partial charge in [0.2, 0.25) is 0 Å². The fourth-order valence-electron chi connectivity index (χ4n) is 3.04. The number of halogens is 2. The van der Waals surface area contributed by atoms with Crippen molar-refractivity contribution in [2.45, 2.75) is 0 Å². The molecule has 3 aromatic rings. The van der Waals surface area contributed by atoms with E-state index in [0.717, 1.165) is 11.3 Å². The van der Waals surface area contributed by atoms with Gasteiger partial charge in [0.25, 0.3) is 5.91 Å². The van der Waals surface area contributed by atoms with Crippen LogP contribution in [0.5, 0.6) is 0 Å². The highest BCUT2D eigenvalue weighted by atomic mass is 35.5. The van der Waals surface area contributed by atoms with Crippen LogP contribution < -0.4 is 10.2 Å². The largest absolute Gasteiger partial charge is 0.378 e. The Kier molecular flexibility index (Phi) is 5.52. The first kappa shape index (κ1) is 18.8. The van der Waals surface area contributed by atoms with Gasteiger partial charge in [-0.3, -0.25) is 4.79 Å². The molecule has 1 aliphatic heterocycles. The summed E-state index contributed by atoms with van der Waals surface area (Å²) < 4.78 is 10.7. The molecule has 1 N–H and O–H groups in total. The smallest absolute Gasteiger partial charge is 0.277 e. The summed E-state index contributed by atoms with van der Waals surface area (Å²) in [5.41, 5.74) is 2.36. The monoisotopic (exact) mass is 417 g/mol. The van der Waals surface area contributed by atoms with Crippen LogP contribution in [0.3, 0.4) is 0 Å². The van der Waals surface area contributed by atoms with Crippen LogP contribution in [0.4, 0.5) is 11.4 Å². The molecular formula is C20H17Cl2N3O3. The summed E-state index contributed by atoms with van der Waals surface area (Å²) in [6, 6.07) is 14.1. The minimum atomic E-state index is -0.374. The van der Waals surface area contributed by atoms with Gasteiger partial charge in [-0.15, -0.1) is 0 Å². The Balaban J connectivity index is 1.56. The van der Waals surface area contributed by atoms with Crippen molar-refractivity contribution in [3.63, 3.8) is 0 Å². The molecule has 2 aromatic carbocycles. The van der Waals surface area contributed by atoms with Crippen LogP contribution in [-0.2, 0) is 4.74 Å². The Labute approximate surface area is 172 Å². The van der Waals surface area contributed by atoms with Crippen LogP contribution in [0.1, 0.15) is 10.5 Å². The van der Waals surface area contributed by atoms with E-state index in [1.165, 1.54) is 0 Å². The molecule has 0 bridgehead atoms. The predicted octanol–water partition coefficient (Wildman–Crippen LogP) is 4.74. The number of ether oxygens (including phenoxy) is 1. The average molecular weight is 418 g/mol. The van der Waals surface area contributed by atoms with Gasteiger partial charge in [-0.05, 0) is 36.4 Å². The van der Waals surface area contributed by atoms with Gasteiger partial charge >= 0.3 is 0 Å². The van der Waals surface area contributed by atoms with E-state index in [2.05, 4.69) is 15.4 Å². The molecule has 1 amide bonds. The second kappa shape index (κ2) is 8.22. The van der Waals surface area contributed by atoms with Crippen LogP contribution >= 0.6 is 23.2 Å². The summed E-state index contributed by atoms with van der Waals surface area (Å²) in [5.74, 6) is 0.113. The third-order valence-electron chi connectivity index (χ3n) is 4.43. The third kappa shape index (κ3) is 3.99. The van der Waals surface area contributed by atoms with Gasteiger partial charge in [0, 0.05) is 29.7 Å². The normalized spacial score (nSPS) is 14.1. The number of benzene rings is 2. The van der Waals surface area contributed by atoms with Crippen molar-refractivity contribution in [3.05, 3.63) is 64.3 Å². The van der Waals surface area contributed by atoms with Crippen molar-refractivity contribution in [1.29, 1.82) is 0 Å². The van der Waals surface area contributed by atoms with Gasteiger partial charge in [-0.25, -0.2) is 0 Å². The minimum Gasteiger partial charge on any atom is -0.378 e. The summed E-state index contributed by atoms with van der Waals surface area (Å²) in [6.45, 7) is 2.65. The summed E-state index contributed by atoms with van der Waals surface area (Å²) >= 11 is 12.3. The summed E-state index contributed by atoms with van der Waals surface area (Å²) in [7, 11) is 0. The molecule has 0 atom stereocenters. The predicted molar refractivity (Wildman–Crippen MR) is 109 cm³/mol. The second-order valence-corrected chi connectivity index (χ2v) is 7.12. The molecule has 0 radical (unpaired) electrons. The second-order valence-electron chi connectivity index (χ2n) is 6.27. The number of carbonyl (C=O) groups is 1. The molecule has 1 aromatic heterocycles. The molecule has 0 spiro atoms. The summed E-state index contributed by atoms with van der Waals surface area (Å²) in [4.78, 5) is 14.8. The Morgan fingerprint density at radius 1 is 1.07 bits per heavy atom. The molecule has 0 unspecified atom stereocenters. The van der Waals surface area contributed by atoms with Gasteiger partial charge in [-0.1, -0.05) is 34.4 Å². The number of nitrogens with zero attached hydrogens (tertiary/aromatic N) is 2. The zero-order valence-electron chi connectivity index (χ0n) is 14.8. The summed E-state index contributed by atoms with van der Waals surface area (Å²) in [6.07, 6.45) is 0. The number of amides is 1. The quantitative estimate of drug-likeness (QED) is 0.663. The highest BCUT2D eigenvalue weighted by Gasteiger charge is 2.21. The van der Waals surface area contributed by atoms with Crippen LogP contribution in [0.25, 0.3) is 11.3 Å². The third-order valence-corrected chi connectivity index (χ3v) is 4.99. The van der Waals surface area contributed by atoms with Crippen LogP contribution in [0.15, 0.2) is 53.1 Å². The number of nitrogens with one attached hydrogen (secondary N) is 1. The standard InChI is InChI=1S/C20H17Cl2N3O3/c21-14-6-4-13(5-7-14)18-12-17(24-28-18)20(26)23-16-3-1-2-15(22)19(16)25-8-10-27-11-9-25/h1-7,12H,8-11H2,(H,23,26). The van der Waals surface area contributed by atoms with E-state index < -0.39 is 0 Å². The van der Waals surface area contributed by atoms with Crippen LogP contribution in [0.2, 0.25) is 10.0 Å². The minimum absolute atomic E-state index is 0.179. The van der Waals surface area contributed by atoms with Gasteiger partial charge in [0.05, 0.1) is 29.6 Å². The van der Waals surface area contributed by atoms with Crippen molar-refractivity contribution in [1.82, 2.24) is 5.16 Å². The molecule has 144 valence electrons. The lowest BCUT2D eigenvalue weighted by molar-refractivity contribution is 0.101. The van der Waals surface area contributed by atoms with Crippen molar-refractivity contribution >= 4 is 40.5 Å². The number of morpholine rings is 1. The lowest BCUT2D eigenvalue weighted by atomic mass is 10.1. The first-order chi connectivity index (χ1) is 13.6. The zero-order valence-corrected chi connectivity index (χ0v) is 16.3. The molecule has 0 aliphatic carbocycles. The van der Waals surface area contributed by atoms with Gasteiger partial charge in [-0.2, -0.15) is 0 Å². The first-order valence-electron chi connectivity index (χ1n) is 8.77. The Hall–Kier alpha value is -2.54. The summed E-state index contributed by atoms with van der Waals surface area (Å²) in [5, 5.41) is 7.97. The molecule has 4 rings (SSSR count). The van der Waals surface area contributed by atoms with E-state index in [0.29, 0.717) is 47.8 Å². The Bertz CT molecular complexity index is 983. The van der Waals surface area contributed by atoms with Gasteiger partial charge in [0.15, 0.2) is 11.5 Å². The van der Waals surface area contributed by atoms with Gasteiger partial charge in [0.1, 0.15) is 0 Å². The first-order valence-corrected chi connectivity index (χ1v) is 9.52. The fourth-order valence-corrected chi connectivity index (χ4v) is 3.46. The Morgan fingerprint density at radius 3 is 2.57 bits per heavy atom. The maximum Gasteiger partial charge on any atom is 0.277 e. The molecule has 1 aliphatic rings. The molecule has 6 nitrogen and oxygen atoms in total. The lowest BCUT2D eigenvalue weighted by Crippen LogP contribution is -2.37. The lowest BCUT2D eigenvalue weighted by Gasteiger charge is -2.31. The molecule has 8 heteroatoms. The molecule has 1 fully saturated rings. The fraction of sp³-hybridized carbons (Fsp3) is 0.200. The van der Waals surface area contributed by atoms with E-state index in [-0.39, 0.29) is 11.6 Å². The van der Waals surface area contributed by atoms with E-state index in [4.69, 9.17) is 32.5 Å². The van der Waals surface area contributed by atoms with Crippen LogP contribution in [-0.4, -0.2) is 37.4 Å². The number of carbonyl (C=O) groups excluding carboxylic acids is 1. The zero-order chi connectivity index (χ0) is 19.5. The van der Waals surface area contributed by atoms with Crippen molar-refractivity contribution < 1.29 is 14.1 Å². The maximum absolute atomic E-state index is 12.7. The van der Waals surface area contributed by atoms with Crippen LogP contribution in [0, 0.1) is 0 Å². The number of anilines is 2. The van der Waals surface area contributed by atoms with E-state index in [1.807, 2.05) is 6.07 Å². The topological polar surface area (TPSA) is 67.6 Å². The van der Waals surface area contributed by atoms with Crippen molar-refractivity contribution in [3.8, 4) is 11.3 Å². The molecule has 28 heavy (non-hydrogen) atoms. The SMILES string of the molecule is O=C(Nc1cccc(Cl)c1N1CCOCC1)c1cc(-c2ccc(Cl)cc2)on1. The maximum atomic E-state index is 12.7. The highest BCUT2D eigenvalue weighted by Crippen LogP contribution is 2.35. The van der Waals surface area contributed by atoms with Crippen molar-refractivity contribution in [2.75, 3.05) is 36.5 Å². The Morgan fingerprint density at radius 2 is 1.82 bits per heavy atom. The average Bonchev–Trinajstić information content (AvgIpc) is 3.20. The number of rotatable bonds is 4. The molecule has 2 heterocycles. The molecular weight excluding hydrogens is 401 g/mol.